The number of hydrogen-bond donors (Lipinski definition) is 0. The Hall–Kier alpha value is -10.7. The largest absolute Gasteiger partial charge is 0.459 e. The summed E-state index contributed by atoms with van der Waals surface area (Å²) in [7, 11) is 0. The summed E-state index contributed by atoms with van der Waals surface area (Å²) < 4.78 is 547. The number of carbonyl (C=O) groups excluding carboxylic acids is 12. The van der Waals surface area contributed by atoms with Crippen molar-refractivity contribution in [2.24, 2.45) is 0 Å². The molecule has 131 heavy (non-hydrogen) atoms. The maximum atomic E-state index is 13.2. The van der Waals surface area contributed by atoms with E-state index in [-0.39, 0.29) is 16.7 Å². The van der Waals surface area contributed by atoms with Gasteiger partial charge in [-0.2, -0.15) is 123 Å². The van der Waals surface area contributed by atoms with E-state index < -0.39 is 324 Å². The van der Waals surface area contributed by atoms with E-state index >= 15 is 0 Å². The summed E-state index contributed by atoms with van der Waals surface area (Å²) in [6, 6.07) is 0. The van der Waals surface area contributed by atoms with Crippen LogP contribution in [-0.2, 0) is 114 Å². The molecule has 0 aliphatic carbocycles. The molecule has 0 heterocycles. The second kappa shape index (κ2) is 55.6. The third-order valence-corrected chi connectivity index (χ3v) is 12.1. The van der Waals surface area contributed by atoms with Crippen LogP contribution in [0, 0.1) is 0 Å². The van der Waals surface area contributed by atoms with E-state index in [2.05, 4.69) is 96.3 Å². The first-order chi connectivity index (χ1) is 58.4. The molecule has 64 heteroatoms. The van der Waals surface area contributed by atoms with E-state index in [1.807, 2.05) is 0 Å². The Balaban J connectivity index is -0.000000358. The quantitative estimate of drug-likeness (QED) is 0.0180. The van der Waals surface area contributed by atoms with E-state index in [1.54, 1.807) is 0 Å². The fourth-order valence-corrected chi connectivity index (χ4v) is 6.61. The van der Waals surface area contributed by atoms with Crippen LogP contribution in [-0.4, -0.2) is 260 Å². The molecule has 0 aromatic carbocycles. The summed E-state index contributed by atoms with van der Waals surface area (Å²) >= 11 is 0. The summed E-state index contributed by atoms with van der Waals surface area (Å²) in [4.78, 5) is 129. The van der Waals surface area contributed by atoms with Gasteiger partial charge in [0.1, 0.15) is 92.1 Å². The SMILES string of the molecule is C=C(C)C(=O)OCCOC(=O)C(F)(F)CC(F)(F)C(F)(F)F.C=C(C)C(=O)OCCOC(=O)C(F)(F)CC(F)(F)CC(F)(F)F.C=C(C)C(=O)OCCOC(=O)C(F)(F)CC(F)(F)CC(F)F.C=CC(=O)OCCOC(=O)C(F)(F)CC(F)(F)C(F)(F)F.C=CC(=O)OCCOC(=O)C(F)(F)CC(F)(F)CC(F)(F)F.C=CC(=O)OCCOC(=O)C(F)(F)CC(F)(F)CC(F)F. The van der Waals surface area contributed by atoms with Crippen LogP contribution in [0.3, 0.4) is 0 Å². The molecule has 0 aromatic heterocycles. The average molecular weight is 2020 g/mol. The van der Waals surface area contributed by atoms with Gasteiger partial charge in [-0.3, -0.25) is 0 Å². The molecule has 0 bridgehead atoms. The standard InChI is InChI=1S/C12H13F7O4.C12H14F6O4.2C11H11F7O4.C11H12F6O4.C10H9F7O4/c1-7(2)8(20)22-3-4-23-9(21)11(15,16)5-10(13,14)6-12(17,18)19;1-7(2)9(19)21-3-4-22-10(20)12(17,18)6-11(15,16)5-8(13)14;1-6(2)7(19)21-3-4-22-8(20)9(12,13)5-10(14,15)11(16,17)18;1-2-7(19)21-3-4-22-8(20)10(14,15)5-9(12,13)6-11(16,17)18;1-2-8(18)20-3-4-21-9(19)11(16,17)6-10(14,15)5-7(12)13;1-2-6(18)20-3-4-21-7(19)8(11,12)5-9(13,14)10(15,16)17/h1,3-6H2,2H3;8H,1,3-6H2,2H3;1,3-5H2,2H3;2H,1,3-6H2;2,7H,1,3-6H2;2H,1,3-5H2. The van der Waals surface area contributed by atoms with Crippen LogP contribution in [0.4, 0.5) is 176 Å². The van der Waals surface area contributed by atoms with Crippen LogP contribution in [0.25, 0.3) is 0 Å². The zero-order valence-corrected chi connectivity index (χ0v) is 66.1. The molecule has 0 aliphatic heterocycles. The molecule has 0 fully saturated rings. The van der Waals surface area contributed by atoms with Gasteiger partial charge in [-0.05, 0) is 20.8 Å². The van der Waals surface area contributed by atoms with Gasteiger partial charge in [0.15, 0.2) is 0 Å². The molecule has 0 unspecified atom stereocenters. The summed E-state index contributed by atoms with van der Waals surface area (Å²) in [5.74, 6) is -79.3. The highest BCUT2D eigenvalue weighted by Gasteiger charge is 2.66. The minimum atomic E-state index is -6.23. The maximum absolute atomic E-state index is 13.2. The van der Waals surface area contributed by atoms with Gasteiger partial charge in [0.05, 0.1) is 51.4 Å². The smallest absolute Gasteiger partial charge is 0.453 e. The molecule has 0 atom stereocenters. The number of esters is 12. The lowest BCUT2D eigenvalue weighted by atomic mass is 10.1. The van der Waals surface area contributed by atoms with Gasteiger partial charge in [-0.15, -0.1) is 0 Å². The molecule has 0 rings (SSSR count). The van der Waals surface area contributed by atoms with Gasteiger partial charge >= 0.3 is 144 Å². The molecule has 24 nitrogen and oxygen atoms in total. The van der Waals surface area contributed by atoms with Crippen molar-refractivity contribution in [3.63, 3.8) is 0 Å². The van der Waals surface area contributed by atoms with Crippen LogP contribution >= 0.6 is 0 Å². The van der Waals surface area contributed by atoms with Gasteiger partial charge in [0.2, 0.25) is 12.9 Å². The molecular formula is C67H70F40O24. The zero-order valence-electron chi connectivity index (χ0n) is 66.1. The zero-order chi connectivity index (χ0) is 105. The van der Waals surface area contributed by atoms with Crippen molar-refractivity contribution in [3.8, 4) is 0 Å². The van der Waals surface area contributed by atoms with Crippen LogP contribution < -0.4 is 0 Å². The highest BCUT2D eigenvalue weighted by atomic mass is 19.4. The van der Waals surface area contributed by atoms with Gasteiger partial charge in [0.25, 0.3) is 23.7 Å². The van der Waals surface area contributed by atoms with Crippen LogP contribution in [0.15, 0.2) is 74.4 Å². The molecule has 0 amide bonds. The minimum absolute atomic E-state index is 0.0169. The number of hydrogen-bond acceptors (Lipinski definition) is 24. The number of carbonyl (C=O) groups is 12. The van der Waals surface area contributed by atoms with Crippen molar-refractivity contribution < 1.29 is 290 Å². The molecule has 0 N–H and O–H groups in total. The average Bonchev–Trinajstić information content (AvgIpc) is 0.805. The third-order valence-electron chi connectivity index (χ3n) is 12.1. The van der Waals surface area contributed by atoms with Crippen molar-refractivity contribution >= 4 is 71.6 Å². The topological polar surface area (TPSA) is 316 Å². The fourth-order valence-electron chi connectivity index (χ4n) is 6.61. The normalized spacial score (nSPS) is 12.5. The minimum Gasteiger partial charge on any atom is -0.459 e. The maximum Gasteiger partial charge on any atom is 0.453 e. The van der Waals surface area contributed by atoms with Crippen molar-refractivity contribution in [1.82, 2.24) is 0 Å². The van der Waals surface area contributed by atoms with Gasteiger partial charge in [-0.25, -0.2) is 110 Å². The molecular weight excluding hydrogens is 1950 g/mol. The van der Waals surface area contributed by atoms with Crippen LogP contribution in [0.5, 0.6) is 0 Å². The van der Waals surface area contributed by atoms with E-state index in [4.69, 9.17) is 0 Å². The van der Waals surface area contributed by atoms with E-state index in [0.29, 0.717) is 6.08 Å². The van der Waals surface area contributed by atoms with Gasteiger partial charge < -0.3 is 56.8 Å². The number of rotatable bonds is 48. The number of halogens is 40. The molecule has 0 spiro atoms. The molecule has 0 saturated heterocycles. The van der Waals surface area contributed by atoms with Gasteiger partial charge in [-0.1, -0.05) is 39.5 Å². The second-order valence-corrected chi connectivity index (χ2v) is 24.6. The van der Waals surface area contributed by atoms with Crippen molar-refractivity contribution in [3.05, 3.63) is 74.4 Å². The lowest BCUT2D eigenvalue weighted by molar-refractivity contribution is -0.299. The van der Waals surface area contributed by atoms with Gasteiger partial charge in [0, 0.05) is 34.9 Å². The molecule has 0 saturated carbocycles. The van der Waals surface area contributed by atoms with Crippen molar-refractivity contribution in [2.75, 3.05) is 79.3 Å². The van der Waals surface area contributed by atoms with Crippen molar-refractivity contribution in [2.45, 2.75) is 194 Å². The molecule has 762 valence electrons. The Labute approximate surface area is 708 Å². The fraction of sp³-hybridized carbons (Fsp3) is 0.642. The van der Waals surface area contributed by atoms with Crippen molar-refractivity contribution in [1.29, 1.82) is 0 Å². The Morgan fingerprint density at radius 1 is 0.237 bits per heavy atom. The molecule has 0 aromatic rings. The lowest BCUT2D eigenvalue weighted by Crippen LogP contribution is -2.45. The van der Waals surface area contributed by atoms with E-state index in [1.165, 1.54) is 20.8 Å². The predicted molar refractivity (Wildman–Crippen MR) is 348 cm³/mol. The summed E-state index contributed by atoms with van der Waals surface area (Å²) in [5.41, 5.74) is -0.0433. The Bertz CT molecular complexity index is 3740. The van der Waals surface area contributed by atoms with E-state index in [9.17, 15) is 233 Å². The van der Waals surface area contributed by atoms with Crippen LogP contribution in [0.2, 0.25) is 0 Å². The lowest BCUT2D eigenvalue weighted by Gasteiger charge is -2.23. The second-order valence-electron chi connectivity index (χ2n) is 24.6. The Kier molecular flexibility index (Phi) is 55.6. The summed E-state index contributed by atoms with van der Waals surface area (Å²) in [6.07, 6.45) is -54.0. The number of alkyl halides is 40. The van der Waals surface area contributed by atoms with Crippen LogP contribution in [0.1, 0.15) is 85.0 Å². The first-order valence-corrected chi connectivity index (χ1v) is 33.6. The highest BCUT2D eigenvalue weighted by molar-refractivity contribution is 5.88. The Morgan fingerprint density at radius 3 is 0.534 bits per heavy atom. The summed E-state index contributed by atoms with van der Waals surface area (Å²) in [6.45, 7) is 13.4. The monoisotopic (exact) mass is 2020 g/mol. The first-order valence-electron chi connectivity index (χ1n) is 33.6. The number of ether oxygens (including phenoxy) is 12. The summed E-state index contributed by atoms with van der Waals surface area (Å²) in [5, 5.41) is 0. The third kappa shape index (κ3) is 63.1. The highest BCUT2D eigenvalue weighted by Crippen LogP contribution is 2.46. The Morgan fingerprint density at radius 2 is 0.389 bits per heavy atom. The first kappa shape index (κ1) is 131. The molecule has 0 radical (unpaired) electrons. The predicted octanol–water partition coefficient (Wildman–Crippen LogP) is 17.0. The molecule has 0 aliphatic rings. The van der Waals surface area contributed by atoms with E-state index in [0.717, 1.165) is 12.2 Å².